The van der Waals surface area contributed by atoms with Crippen molar-refractivity contribution in [2.45, 2.75) is 26.7 Å². The van der Waals surface area contributed by atoms with E-state index in [9.17, 15) is 0 Å². The third kappa shape index (κ3) is 2.58. The Kier molecular flexibility index (Phi) is 4.68. The van der Waals surface area contributed by atoms with E-state index >= 15 is 0 Å². The van der Waals surface area contributed by atoms with Gasteiger partial charge in [-0.2, -0.15) is 0 Å². The lowest BCUT2D eigenvalue weighted by atomic mass is 9.90. The molecule has 0 saturated carbocycles. The quantitative estimate of drug-likeness (QED) is 0.719. The highest BCUT2D eigenvalue weighted by molar-refractivity contribution is 5.21. The predicted octanol–water partition coefficient (Wildman–Crippen LogP) is 3.04. The molecule has 1 N–H and O–H groups in total. The van der Waals surface area contributed by atoms with Crippen molar-refractivity contribution in [3.8, 4) is 0 Å². The second-order valence-electron chi connectivity index (χ2n) is 3.65. The van der Waals surface area contributed by atoms with Gasteiger partial charge in [-0.1, -0.05) is 51.1 Å². The van der Waals surface area contributed by atoms with E-state index in [0.717, 1.165) is 18.4 Å². The van der Waals surface area contributed by atoms with Gasteiger partial charge in [-0.3, -0.25) is 0 Å². The van der Waals surface area contributed by atoms with Gasteiger partial charge in [0.1, 0.15) is 0 Å². The maximum atomic E-state index is 3.42. The number of rotatable bonds is 1. The molecule has 1 aliphatic rings. The van der Waals surface area contributed by atoms with Crippen molar-refractivity contribution < 1.29 is 0 Å². The zero-order chi connectivity index (χ0) is 10.4. The molecule has 14 heavy (non-hydrogen) atoms. The van der Waals surface area contributed by atoms with Gasteiger partial charge in [0.05, 0.1) is 0 Å². The molecular weight excluding hydrogens is 170 g/mol. The van der Waals surface area contributed by atoms with Crippen LogP contribution in [0.3, 0.4) is 0 Å². The molecule has 0 spiro atoms. The fourth-order valence-electron chi connectivity index (χ4n) is 1.96. The van der Waals surface area contributed by atoms with E-state index in [-0.39, 0.29) is 0 Å². The Labute approximate surface area is 87.5 Å². The van der Waals surface area contributed by atoms with E-state index < -0.39 is 0 Å². The first-order valence-corrected chi connectivity index (χ1v) is 5.63. The first-order valence-electron chi connectivity index (χ1n) is 5.63. The molecule has 1 aliphatic heterocycles. The lowest BCUT2D eigenvalue weighted by molar-refractivity contribution is 0.572. The minimum Gasteiger partial charge on any atom is -0.316 e. The third-order valence-electron chi connectivity index (χ3n) is 2.75. The molecule has 0 amide bonds. The molecule has 1 saturated heterocycles. The molecule has 2 atom stereocenters. The van der Waals surface area contributed by atoms with Crippen LogP contribution in [-0.4, -0.2) is 13.1 Å². The van der Waals surface area contributed by atoms with Crippen molar-refractivity contribution in [3.05, 3.63) is 35.9 Å². The van der Waals surface area contributed by atoms with Crippen LogP contribution in [0.25, 0.3) is 0 Å². The van der Waals surface area contributed by atoms with Crippen molar-refractivity contribution in [1.29, 1.82) is 0 Å². The lowest BCUT2D eigenvalue weighted by Crippen LogP contribution is -2.07. The average molecular weight is 191 g/mol. The van der Waals surface area contributed by atoms with Crippen molar-refractivity contribution in [1.82, 2.24) is 5.32 Å². The standard InChI is InChI=1S/C11H15N.C2H6/c1-9-7-12-8-11(9)10-5-3-2-4-6-10;1-2/h2-6,9,11-12H,7-8H2,1H3;1-2H3/t9-,11?;/m1./s1. The van der Waals surface area contributed by atoms with Crippen LogP contribution in [0.5, 0.6) is 0 Å². The Balaban J connectivity index is 0.000000461. The molecule has 78 valence electrons. The maximum absolute atomic E-state index is 3.42. The number of nitrogens with one attached hydrogen (secondary N) is 1. The Morgan fingerprint density at radius 1 is 1.07 bits per heavy atom. The number of hydrogen-bond acceptors (Lipinski definition) is 1. The van der Waals surface area contributed by atoms with E-state index in [4.69, 9.17) is 0 Å². The van der Waals surface area contributed by atoms with Gasteiger partial charge in [0.15, 0.2) is 0 Å². The van der Waals surface area contributed by atoms with Gasteiger partial charge >= 0.3 is 0 Å². The van der Waals surface area contributed by atoms with Gasteiger partial charge in [0, 0.05) is 12.5 Å². The average Bonchev–Trinajstić information content (AvgIpc) is 2.69. The first-order chi connectivity index (χ1) is 6.88. The molecule has 1 heteroatoms. The van der Waals surface area contributed by atoms with Crippen LogP contribution in [0.2, 0.25) is 0 Å². The third-order valence-corrected chi connectivity index (χ3v) is 2.75. The Hall–Kier alpha value is -0.820. The van der Waals surface area contributed by atoms with Gasteiger partial charge in [0.25, 0.3) is 0 Å². The summed E-state index contributed by atoms with van der Waals surface area (Å²) in [6.07, 6.45) is 0. The van der Waals surface area contributed by atoms with E-state index in [1.54, 1.807) is 0 Å². The van der Waals surface area contributed by atoms with Crippen LogP contribution in [0.15, 0.2) is 30.3 Å². The molecule has 1 aromatic rings. The van der Waals surface area contributed by atoms with E-state index in [1.807, 2.05) is 13.8 Å². The molecule has 1 aromatic carbocycles. The fraction of sp³-hybridized carbons (Fsp3) is 0.538. The molecule has 1 nitrogen and oxygen atoms in total. The molecule has 1 unspecified atom stereocenters. The Morgan fingerprint density at radius 2 is 1.71 bits per heavy atom. The maximum Gasteiger partial charge on any atom is 0.00233 e. The van der Waals surface area contributed by atoms with Gasteiger partial charge in [-0.15, -0.1) is 0 Å². The summed E-state index contributed by atoms with van der Waals surface area (Å²) in [5, 5.41) is 3.42. The summed E-state index contributed by atoms with van der Waals surface area (Å²) in [6, 6.07) is 10.8. The smallest absolute Gasteiger partial charge is 0.00233 e. The zero-order valence-electron chi connectivity index (χ0n) is 9.46. The lowest BCUT2D eigenvalue weighted by Gasteiger charge is -2.13. The Bertz CT molecular complexity index is 243. The van der Waals surface area contributed by atoms with Crippen LogP contribution < -0.4 is 5.32 Å². The second kappa shape index (κ2) is 5.82. The highest BCUT2D eigenvalue weighted by Gasteiger charge is 2.23. The van der Waals surface area contributed by atoms with E-state index in [0.29, 0.717) is 0 Å². The van der Waals surface area contributed by atoms with E-state index in [1.165, 1.54) is 12.1 Å². The summed E-state index contributed by atoms with van der Waals surface area (Å²) >= 11 is 0. The SMILES string of the molecule is CC.C[C@@H]1CNCC1c1ccccc1. The van der Waals surface area contributed by atoms with Crippen LogP contribution in [0, 0.1) is 5.92 Å². The predicted molar refractivity (Wildman–Crippen MR) is 62.6 cm³/mol. The number of benzene rings is 1. The molecule has 0 aromatic heterocycles. The molecule has 0 bridgehead atoms. The van der Waals surface area contributed by atoms with Crippen molar-refractivity contribution in [2.24, 2.45) is 5.92 Å². The van der Waals surface area contributed by atoms with Gasteiger partial charge in [0.2, 0.25) is 0 Å². The fourth-order valence-corrected chi connectivity index (χ4v) is 1.96. The van der Waals surface area contributed by atoms with Gasteiger partial charge < -0.3 is 5.32 Å². The minimum atomic E-state index is 0.728. The Morgan fingerprint density at radius 3 is 2.21 bits per heavy atom. The van der Waals surface area contributed by atoms with Crippen molar-refractivity contribution >= 4 is 0 Å². The van der Waals surface area contributed by atoms with Gasteiger partial charge in [-0.05, 0) is 18.0 Å². The minimum absolute atomic E-state index is 0.728. The summed E-state index contributed by atoms with van der Waals surface area (Å²) in [4.78, 5) is 0. The topological polar surface area (TPSA) is 12.0 Å². The number of hydrogen-bond donors (Lipinski definition) is 1. The molecule has 2 rings (SSSR count). The summed E-state index contributed by atoms with van der Waals surface area (Å²) in [5.74, 6) is 1.51. The van der Waals surface area contributed by atoms with Crippen LogP contribution in [-0.2, 0) is 0 Å². The molecule has 1 fully saturated rings. The van der Waals surface area contributed by atoms with Crippen molar-refractivity contribution in [2.75, 3.05) is 13.1 Å². The summed E-state index contributed by atoms with van der Waals surface area (Å²) in [7, 11) is 0. The van der Waals surface area contributed by atoms with Crippen LogP contribution in [0.1, 0.15) is 32.3 Å². The van der Waals surface area contributed by atoms with Crippen LogP contribution >= 0.6 is 0 Å². The monoisotopic (exact) mass is 191 g/mol. The summed E-state index contributed by atoms with van der Waals surface area (Å²) in [5.41, 5.74) is 1.48. The molecule has 0 radical (unpaired) electrons. The zero-order valence-corrected chi connectivity index (χ0v) is 9.46. The largest absolute Gasteiger partial charge is 0.316 e. The highest BCUT2D eigenvalue weighted by atomic mass is 14.9. The van der Waals surface area contributed by atoms with Crippen molar-refractivity contribution in [3.63, 3.8) is 0 Å². The van der Waals surface area contributed by atoms with E-state index in [2.05, 4.69) is 42.6 Å². The first kappa shape index (κ1) is 11.3. The molecule has 0 aliphatic carbocycles. The highest BCUT2D eigenvalue weighted by Crippen LogP contribution is 2.26. The second-order valence-corrected chi connectivity index (χ2v) is 3.65. The molecule has 1 heterocycles. The van der Waals surface area contributed by atoms with Crippen LogP contribution in [0.4, 0.5) is 0 Å². The molecular formula is C13H21N. The normalized spacial score (nSPS) is 25.4. The van der Waals surface area contributed by atoms with Gasteiger partial charge in [-0.25, -0.2) is 0 Å². The summed E-state index contributed by atoms with van der Waals surface area (Å²) in [6.45, 7) is 8.63. The summed E-state index contributed by atoms with van der Waals surface area (Å²) < 4.78 is 0.